The molecule has 1 atom stereocenters. The Kier molecular flexibility index (Phi) is 5.05. The van der Waals surface area contributed by atoms with Crippen LogP contribution in [0.5, 0.6) is 0 Å². The highest BCUT2D eigenvalue weighted by molar-refractivity contribution is 5.76. The molecule has 15 heavy (non-hydrogen) atoms. The Morgan fingerprint density at radius 3 is 2.73 bits per heavy atom. The van der Waals surface area contributed by atoms with Gasteiger partial charge >= 0.3 is 0 Å². The molecule has 0 bridgehead atoms. The maximum absolute atomic E-state index is 11.9. The first-order chi connectivity index (χ1) is 7.13. The molecule has 0 aromatic carbocycles. The summed E-state index contributed by atoms with van der Waals surface area (Å²) in [5.41, 5.74) is 0. The van der Waals surface area contributed by atoms with E-state index in [1.807, 2.05) is 18.9 Å². The quantitative estimate of drug-likeness (QED) is 0.725. The van der Waals surface area contributed by atoms with Crippen molar-refractivity contribution in [1.82, 2.24) is 15.1 Å². The molecule has 1 N–H and O–H groups in total. The van der Waals surface area contributed by atoms with Gasteiger partial charge in [0.1, 0.15) is 0 Å². The molecule has 1 heterocycles. The first kappa shape index (κ1) is 12.5. The van der Waals surface area contributed by atoms with Crippen LogP contribution in [0.2, 0.25) is 0 Å². The summed E-state index contributed by atoms with van der Waals surface area (Å²) >= 11 is 0. The topological polar surface area (TPSA) is 35.6 Å². The number of hydrogen-bond donors (Lipinski definition) is 1. The molecule has 4 nitrogen and oxygen atoms in total. The number of nitrogens with one attached hydrogen (secondary N) is 1. The molecule has 1 unspecified atom stereocenters. The van der Waals surface area contributed by atoms with Crippen LogP contribution >= 0.6 is 0 Å². The van der Waals surface area contributed by atoms with Gasteiger partial charge in [0.2, 0.25) is 5.91 Å². The normalized spacial score (nSPS) is 21.1. The summed E-state index contributed by atoms with van der Waals surface area (Å²) in [5, 5.41) is 3.10. The van der Waals surface area contributed by atoms with Gasteiger partial charge in [0.05, 0.1) is 0 Å². The van der Waals surface area contributed by atoms with Gasteiger partial charge in [-0.3, -0.25) is 4.79 Å². The van der Waals surface area contributed by atoms with Gasteiger partial charge in [-0.2, -0.15) is 0 Å². The molecule has 0 aromatic rings. The molecular weight excluding hydrogens is 190 g/mol. The molecule has 0 saturated carbocycles. The Morgan fingerprint density at radius 1 is 1.33 bits per heavy atom. The molecule has 0 aromatic heterocycles. The van der Waals surface area contributed by atoms with Gasteiger partial charge in [0.15, 0.2) is 0 Å². The fraction of sp³-hybridized carbons (Fsp3) is 0.909. The number of carbonyl (C=O) groups excluding carboxylic acids is 1. The van der Waals surface area contributed by atoms with Crippen LogP contribution in [0.25, 0.3) is 0 Å². The van der Waals surface area contributed by atoms with E-state index < -0.39 is 0 Å². The molecular formula is C11H23N3O. The van der Waals surface area contributed by atoms with E-state index in [4.69, 9.17) is 0 Å². The number of rotatable bonds is 3. The van der Waals surface area contributed by atoms with Crippen molar-refractivity contribution in [2.45, 2.75) is 25.8 Å². The molecule has 4 heteroatoms. The molecule has 1 amide bonds. The Balaban J connectivity index is 2.38. The van der Waals surface area contributed by atoms with E-state index in [2.05, 4.69) is 17.3 Å². The van der Waals surface area contributed by atoms with Crippen LogP contribution in [-0.2, 0) is 4.79 Å². The first-order valence-electron chi connectivity index (χ1n) is 5.77. The van der Waals surface area contributed by atoms with Crippen LogP contribution in [-0.4, -0.2) is 62.0 Å². The third-order valence-corrected chi connectivity index (χ3v) is 3.05. The zero-order valence-electron chi connectivity index (χ0n) is 10.1. The number of carbonyl (C=O) groups is 1. The minimum atomic E-state index is 0.276. The van der Waals surface area contributed by atoms with Crippen molar-refractivity contribution in [2.75, 3.05) is 40.3 Å². The lowest BCUT2D eigenvalue weighted by Crippen LogP contribution is -2.38. The predicted octanol–water partition coefficient (Wildman–Crippen LogP) is 0.149. The van der Waals surface area contributed by atoms with Crippen LogP contribution in [0.1, 0.15) is 19.8 Å². The molecule has 0 aliphatic carbocycles. The average molecular weight is 213 g/mol. The lowest BCUT2D eigenvalue weighted by atomic mass is 10.2. The summed E-state index contributed by atoms with van der Waals surface area (Å²) < 4.78 is 0. The van der Waals surface area contributed by atoms with E-state index in [-0.39, 0.29) is 11.9 Å². The standard InChI is InChI=1S/C11H23N3O/c1-10(12-2)9-11(15)14-6-4-5-13(3)7-8-14/h10,12H,4-9H2,1-3H3. The lowest BCUT2D eigenvalue weighted by Gasteiger charge is -2.22. The second kappa shape index (κ2) is 6.08. The molecule has 88 valence electrons. The fourth-order valence-electron chi connectivity index (χ4n) is 1.79. The number of hydrogen-bond acceptors (Lipinski definition) is 3. The van der Waals surface area contributed by atoms with Gasteiger partial charge in [-0.05, 0) is 34.0 Å². The smallest absolute Gasteiger partial charge is 0.224 e. The zero-order chi connectivity index (χ0) is 11.3. The van der Waals surface area contributed by atoms with Crippen LogP contribution < -0.4 is 5.32 Å². The van der Waals surface area contributed by atoms with Crippen molar-refractivity contribution < 1.29 is 4.79 Å². The van der Waals surface area contributed by atoms with Crippen LogP contribution in [0.3, 0.4) is 0 Å². The molecule has 1 saturated heterocycles. The zero-order valence-corrected chi connectivity index (χ0v) is 10.1. The van der Waals surface area contributed by atoms with Crippen LogP contribution in [0.4, 0.5) is 0 Å². The molecule has 1 fully saturated rings. The summed E-state index contributed by atoms with van der Waals surface area (Å²) in [7, 11) is 4.01. The van der Waals surface area contributed by atoms with Gasteiger partial charge in [-0.15, -0.1) is 0 Å². The first-order valence-corrected chi connectivity index (χ1v) is 5.77. The van der Waals surface area contributed by atoms with Crippen molar-refractivity contribution in [3.05, 3.63) is 0 Å². The molecule has 0 spiro atoms. The van der Waals surface area contributed by atoms with E-state index in [0.717, 1.165) is 32.6 Å². The number of amides is 1. The Labute approximate surface area is 92.6 Å². The highest BCUT2D eigenvalue weighted by Crippen LogP contribution is 2.04. The molecule has 0 radical (unpaired) electrons. The largest absolute Gasteiger partial charge is 0.341 e. The van der Waals surface area contributed by atoms with Crippen LogP contribution in [0, 0.1) is 0 Å². The Hall–Kier alpha value is -0.610. The van der Waals surface area contributed by atoms with Crippen molar-refractivity contribution in [3.63, 3.8) is 0 Å². The SMILES string of the molecule is CNC(C)CC(=O)N1CCCN(C)CC1. The van der Waals surface area contributed by atoms with E-state index >= 15 is 0 Å². The Morgan fingerprint density at radius 2 is 2.07 bits per heavy atom. The van der Waals surface area contributed by atoms with Gasteiger partial charge in [0, 0.05) is 32.1 Å². The second-order valence-corrected chi connectivity index (χ2v) is 4.43. The van der Waals surface area contributed by atoms with E-state index in [1.165, 1.54) is 0 Å². The average Bonchev–Trinajstić information content (AvgIpc) is 2.42. The van der Waals surface area contributed by atoms with Crippen molar-refractivity contribution in [1.29, 1.82) is 0 Å². The summed E-state index contributed by atoms with van der Waals surface area (Å²) in [6.07, 6.45) is 1.70. The monoisotopic (exact) mass is 213 g/mol. The maximum atomic E-state index is 11.9. The highest BCUT2D eigenvalue weighted by Gasteiger charge is 2.18. The highest BCUT2D eigenvalue weighted by atomic mass is 16.2. The summed E-state index contributed by atoms with van der Waals surface area (Å²) in [6.45, 7) is 5.94. The van der Waals surface area contributed by atoms with Gasteiger partial charge < -0.3 is 15.1 Å². The lowest BCUT2D eigenvalue weighted by molar-refractivity contribution is -0.131. The van der Waals surface area contributed by atoms with Crippen LogP contribution in [0.15, 0.2) is 0 Å². The van der Waals surface area contributed by atoms with E-state index in [9.17, 15) is 4.79 Å². The van der Waals surface area contributed by atoms with E-state index in [0.29, 0.717) is 6.42 Å². The molecule has 1 rings (SSSR count). The van der Waals surface area contributed by atoms with Gasteiger partial charge in [-0.25, -0.2) is 0 Å². The molecule has 1 aliphatic rings. The minimum Gasteiger partial charge on any atom is -0.341 e. The van der Waals surface area contributed by atoms with E-state index in [1.54, 1.807) is 0 Å². The Bertz CT molecular complexity index is 208. The minimum absolute atomic E-state index is 0.276. The number of nitrogens with zero attached hydrogens (tertiary/aromatic N) is 2. The van der Waals surface area contributed by atoms with Gasteiger partial charge in [0.25, 0.3) is 0 Å². The summed E-state index contributed by atoms with van der Waals surface area (Å²) in [6, 6.07) is 0.276. The van der Waals surface area contributed by atoms with Crippen molar-refractivity contribution >= 4 is 5.91 Å². The summed E-state index contributed by atoms with van der Waals surface area (Å²) in [4.78, 5) is 16.2. The van der Waals surface area contributed by atoms with Crippen molar-refractivity contribution in [2.24, 2.45) is 0 Å². The third kappa shape index (κ3) is 4.18. The van der Waals surface area contributed by atoms with Crippen molar-refractivity contribution in [3.8, 4) is 0 Å². The third-order valence-electron chi connectivity index (χ3n) is 3.05. The van der Waals surface area contributed by atoms with Gasteiger partial charge in [-0.1, -0.05) is 0 Å². The molecule has 1 aliphatic heterocycles. The second-order valence-electron chi connectivity index (χ2n) is 4.43. The summed E-state index contributed by atoms with van der Waals surface area (Å²) in [5.74, 6) is 0.284. The maximum Gasteiger partial charge on any atom is 0.224 e. The predicted molar refractivity (Wildman–Crippen MR) is 61.8 cm³/mol. The number of likely N-dealkylation sites (N-methyl/N-ethyl adjacent to an activating group) is 1. The fourth-order valence-corrected chi connectivity index (χ4v) is 1.79.